The molecule has 1 aromatic rings. The van der Waals surface area contributed by atoms with Crippen molar-refractivity contribution in [2.75, 3.05) is 18.4 Å². The van der Waals surface area contributed by atoms with Crippen molar-refractivity contribution in [1.82, 2.24) is 10.2 Å². The van der Waals surface area contributed by atoms with Crippen molar-refractivity contribution in [3.8, 4) is 0 Å². The van der Waals surface area contributed by atoms with Gasteiger partial charge >= 0.3 is 6.03 Å². The van der Waals surface area contributed by atoms with Crippen molar-refractivity contribution in [3.63, 3.8) is 0 Å². The summed E-state index contributed by atoms with van der Waals surface area (Å²) in [5.41, 5.74) is 1.34. The highest BCUT2D eigenvalue weighted by molar-refractivity contribution is 5.94. The van der Waals surface area contributed by atoms with Gasteiger partial charge in [0.15, 0.2) is 0 Å². The van der Waals surface area contributed by atoms with Crippen molar-refractivity contribution in [2.24, 2.45) is 0 Å². The van der Waals surface area contributed by atoms with E-state index in [2.05, 4.69) is 10.6 Å². The van der Waals surface area contributed by atoms with Crippen molar-refractivity contribution >= 4 is 17.6 Å². The zero-order chi connectivity index (χ0) is 15.4. The second kappa shape index (κ2) is 6.58. The Morgan fingerprint density at radius 3 is 3.00 bits per heavy atom. The molecule has 1 heterocycles. The Hall–Kier alpha value is -2.08. The molecule has 3 amide bonds. The zero-order valence-electron chi connectivity index (χ0n) is 12.3. The molecule has 0 saturated carbocycles. The second-order valence-corrected chi connectivity index (χ2v) is 5.14. The van der Waals surface area contributed by atoms with E-state index in [-0.39, 0.29) is 11.9 Å². The van der Waals surface area contributed by atoms with E-state index in [0.29, 0.717) is 25.2 Å². The first-order valence-corrected chi connectivity index (χ1v) is 7.16. The van der Waals surface area contributed by atoms with E-state index in [1.54, 1.807) is 36.1 Å². The van der Waals surface area contributed by atoms with Crippen LogP contribution in [0.4, 0.5) is 10.5 Å². The van der Waals surface area contributed by atoms with E-state index in [9.17, 15) is 14.7 Å². The number of amides is 3. The third-order valence-electron chi connectivity index (χ3n) is 3.60. The minimum atomic E-state index is -0.592. The number of rotatable bonds is 3. The van der Waals surface area contributed by atoms with Crippen LogP contribution in [0.2, 0.25) is 0 Å². The number of carbonyl (C=O) groups excluding carboxylic acids is 2. The molecular formula is C15H21N3O3. The topological polar surface area (TPSA) is 81.7 Å². The number of nitrogens with zero attached hydrogens (tertiary/aromatic N) is 1. The molecule has 0 aromatic heterocycles. The third-order valence-corrected chi connectivity index (χ3v) is 3.60. The smallest absolute Gasteiger partial charge is 0.322 e. The van der Waals surface area contributed by atoms with Crippen LogP contribution in [0.25, 0.3) is 0 Å². The van der Waals surface area contributed by atoms with Crippen molar-refractivity contribution in [1.29, 1.82) is 0 Å². The molecule has 6 heteroatoms. The van der Waals surface area contributed by atoms with Crippen LogP contribution in [0, 0.1) is 0 Å². The van der Waals surface area contributed by atoms with E-state index >= 15 is 0 Å². The van der Waals surface area contributed by atoms with Gasteiger partial charge in [0.2, 0.25) is 5.91 Å². The van der Waals surface area contributed by atoms with Crippen LogP contribution in [0.3, 0.4) is 0 Å². The van der Waals surface area contributed by atoms with Crippen LogP contribution in [-0.4, -0.2) is 41.1 Å². The molecule has 1 saturated heterocycles. The van der Waals surface area contributed by atoms with Gasteiger partial charge in [-0.3, -0.25) is 4.79 Å². The number of hydrogen-bond donors (Lipinski definition) is 3. The first-order valence-electron chi connectivity index (χ1n) is 7.16. The maximum atomic E-state index is 12.3. The fourth-order valence-electron chi connectivity index (χ4n) is 2.44. The third kappa shape index (κ3) is 3.52. The Morgan fingerprint density at radius 1 is 1.57 bits per heavy atom. The van der Waals surface area contributed by atoms with E-state index in [4.69, 9.17) is 0 Å². The van der Waals surface area contributed by atoms with Gasteiger partial charge in [-0.2, -0.15) is 0 Å². The van der Waals surface area contributed by atoms with Crippen LogP contribution in [0.5, 0.6) is 0 Å². The number of aliphatic hydroxyl groups is 1. The lowest BCUT2D eigenvalue weighted by molar-refractivity contribution is -0.127. The fraction of sp³-hybridized carbons (Fsp3) is 0.467. The average Bonchev–Trinajstić information content (AvgIpc) is 2.47. The molecule has 2 unspecified atom stereocenters. The van der Waals surface area contributed by atoms with E-state index in [1.165, 1.54) is 0 Å². The van der Waals surface area contributed by atoms with Crippen LogP contribution in [-0.2, 0) is 4.79 Å². The standard InChI is InChI=1S/C15H21N3O3/c1-3-13-14(20)16-7-8-18(13)15(21)17-12-6-4-5-11(9-12)10(2)19/h4-6,9-10,13,19H,3,7-8H2,1-2H3,(H,16,20)(H,17,21). The van der Waals surface area contributed by atoms with Gasteiger partial charge in [0.05, 0.1) is 6.10 Å². The lowest BCUT2D eigenvalue weighted by atomic mass is 10.1. The fourth-order valence-corrected chi connectivity index (χ4v) is 2.44. The van der Waals surface area contributed by atoms with Crippen molar-refractivity contribution in [3.05, 3.63) is 29.8 Å². The maximum Gasteiger partial charge on any atom is 0.322 e. The highest BCUT2D eigenvalue weighted by Crippen LogP contribution is 2.18. The highest BCUT2D eigenvalue weighted by Gasteiger charge is 2.31. The predicted molar refractivity (Wildman–Crippen MR) is 79.9 cm³/mol. The van der Waals surface area contributed by atoms with Gasteiger partial charge in [0.25, 0.3) is 0 Å². The monoisotopic (exact) mass is 291 g/mol. The lowest BCUT2D eigenvalue weighted by Gasteiger charge is -2.34. The molecule has 2 rings (SSSR count). The largest absolute Gasteiger partial charge is 0.389 e. The molecule has 0 spiro atoms. The average molecular weight is 291 g/mol. The van der Waals surface area contributed by atoms with Gasteiger partial charge in [-0.05, 0) is 31.0 Å². The number of piperazine rings is 1. The normalized spacial score (nSPS) is 19.9. The second-order valence-electron chi connectivity index (χ2n) is 5.14. The Kier molecular flexibility index (Phi) is 4.80. The first kappa shape index (κ1) is 15.3. The van der Waals surface area contributed by atoms with Crippen LogP contribution in [0.1, 0.15) is 31.9 Å². The Balaban J connectivity index is 2.10. The summed E-state index contributed by atoms with van der Waals surface area (Å²) >= 11 is 0. The number of aliphatic hydroxyl groups excluding tert-OH is 1. The number of carbonyl (C=O) groups is 2. The van der Waals surface area contributed by atoms with Gasteiger partial charge in [-0.15, -0.1) is 0 Å². The molecule has 6 nitrogen and oxygen atoms in total. The van der Waals surface area contributed by atoms with Crippen molar-refractivity contribution in [2.45, 2.75) is 32.4 Å². The summed E-state index contributed by atoms with van der Waals surface area (Å²) in [6, 6.07) is 6.34. The summed E-state index contributed by atoms with van der Waals surface area (Å²) in [6.45, 7) is 4.51. The molecule has 21 heavy (non-hydrogen) atoms. The maximum absolute atomic E-state index is 12.3. The first-order chi connectivity index (χ1) is 10.0. The summed E-state index contributed by atoms with van der Waals surface area (Å²) in [5, 5.41) is 15.1. The number of nitrogens with one attached hydrogen (secondary N) is 2. The minimum absolute atomic E-state index is 0.114. The summed E-state index contributed by atoms with van der Waals surface area (Å²) < 4.78 is 0. The van der Waals surface area contributed by atoms with Gasteiger partial charge < -0.3 is 20.6 Å². The molecule has 1 aliphatic rings. The van der Waals surface area contributed by atoms with Crippen LogP contribution >= 0.6 is 0 Å². The molecule has 0 aliphatic carbocycles. The predicted octanol–water partition coefficient (Wildman–Crippen LogP) is 1.48. The minimum Gasteiger partial charge on any atom is -0.389 e. The highest BCUT2D eigenvalue weighted by atomic mass is 16.3. The summed E-state index contributed by atoms with van der Waals surface area (Å²) in [6.07, 6.45) is -0.0153. The SMILES string of the molecule is CCC1C(=O)NCCN1C(=O)Nc1cccc(C(C)O)c1. The van der Waals surface area contributed by atoms with E-state index in [0.717, 1.165) is 5.56 Å². The molecule has 0 bridgehead atoms. The molecule has 2 atom stereocenters. The van der Waals surface area contributed by atoms with Gasteiger partial charge in [-0.25, -0.2) is 4.79 Å². The number of hydrogen-bond acceptors (Lipinski definition) is 3. The zero-order valence-corrected chi connectivity index (χ0v) is 12.3. The van der Waals surface area contributed by atoms with E-state index < -0.39 is 12.1 Å². The molecular weight excluding hydrogens is 270 g/mol. The lowest BCUT2D eigenvalue weighted by Crippen LogP contribution is -2.57. The Bertz CT molecular complexity index is 531. The van der Waals surface area contributed by atoms with E-state index in [1.807, 2.05) is 6.92 Å². The molecule has 114 valence electrons. The number of urea groups is 1. The molecule has 1 fully saturated rings. The molecule has 1 aromatic carbocycles. The number of anilines is 1. The summed E-state index contributed by atoms with van der Waals surface area (Å²) in [7, 11) is 0. The molecule has 0 radical (unpaired) electrons. The van der Waals surface area contributed by atoms with Gasteiger partial charge in [0.1, 0.15) is 6.04 Å². The van der Waals surface area contributed by atoms with Crippen LogP contribution < -0.4 is 10.6 Å². The Morgan fingerprint density at radius 2 is 2.33 bits per heavy atom. The van der Waals surface area contributed by atoms with Gasteiger partial charge in [-0.1, -0.05) is 19.1 Å². The quantitative estimate of drug-likeness (QED) is 0.789. The Labute approximate surface area is 124 Å². The molecule has 1 aliphatic heterocycles. The summed E-state index contributed by atoms with van der Waals surface area (Å²) in [5.74, 6) is -0.114. The van der Waals surface area contributed by atoms with Crippen molar-refractivity contribution < 1.29 is 14.7 Å². The molecule has 3 N–H and O–H groups in total. The summed E-state index contributed by atoms with van der Waals surface area (Å²) in [4.78, 5) is 25.7. The van der Waals surface area contributed by atoms with Gasteiger partial charge in [0, 0.05) is 18.8 Å². The number of benzene rings is 1. The van der Waals surface area contributed by atoms with Crippen LogP contribution in [0.15, 0.2) is 24.3 Å².